The van der Waals surface area contributed by atoms with Crippen molar-refractivity contribution < 1.29 is 14.3 Å². The average Bonchev–Trinajstić information content (AvgIpc) is 2.89. The molecule has 8 heteroatoms. The number of aliphatic hydroxyl groups excluding tert-OH is 1. The number of halogens is 1. The van der Waals surface area contributed by atoms with E-state index in [9.17, 15) is 14.3 Å². The van der Waals surface area contributed by atoms with E-state index in [1.807, 2.05) is 0 Å². The Balaban J connectivity index is 1.81. The third kappa shape index (κ3) is 3.97. The second-order valence-electron chi connectivity index (χ2n) is 3.68. The molecule has 0 unspecified atom stereocenters. The maximum absolute atomic E-state index is 12.7. The predicted octanol–water partition coefficient (Wildman–Crippen LogP) is 1.53. The maximum atomic E-state index is 12.7. The van der Waals surface area contributed by atoms with E-state index in [0.29, 0.717) is 10.6 Å². The molecular formula is C11H11FN4O2S. The number of hydrogen-bond acceptors (Lipinski definition) is 5. The summed E-state index contributed by atoms with van der Waals surface area (Å²) in [6.45, 7) is 0.0176. The van der Waals surface area contributed by atoms with E-state index in [-0.39, 0.29) is 12.4 Å². The van der Waals surface area contributed by atoms with Gasteiger partial charge in [-0.15, -0.1) is 5.10 Å². The van der Waals surface area contributed by atoms with Crippen molar-refractivity contribution in [2.24, 2.45) is 0 Å². The van der Waals surface area contributed by atoms with E-state index < -0.39 is 12.1 Å². The normalized spacial score (nSPS) is 11.9. The largest absolute Gasteiger partial charge is 0.387 e. The van der Waals surface area contributed by atoms with E-state index in [2.05, 4.69) is 20.2 Å². The van der Waals surface area contributed by atoms with Crippen LogP contribution in [0.5, 0.6) is 0 Å². The molecule has 0 fully saturated rings. The van der Waals surface area contributed by atoms with Crippen molar-refractivity contribution in [3.63, 3.8) is 0 Å². The standard InChI is InChI=1S/C11H11FN4O2S/c12-8-3-1-7(2-4-8)9(17)5-13-11(18)15-10-6-14-16-19-10/h1-4,6,9,17H,5H2,(H2,13,15,18)/t9-/m1/s1. The average molecular weight is 282 g/mol. The number of benzene rings is 1. The number of nitrogens with one attached hydrogen (secondary N) is 2. The second-order valence-corrected chi connectivity index (χ2v) is 4.47. The first-order valence-electron chi connectivity index (χ1n) is 5.41. The molecule has 1 aromatic carbocycles. The third-order valence-corrected chi connectivity index (χ3v) is 2.89. The quantitative estimate of drug-likeness (QED) is 0.793. The first-order valence-corrected chi connectivity index (χ1v) is 6.18. The molecular weight excluding hydrogens is 271 g/mol. The van der Waals surface area contributed by atoms with Gasteiger partial charge in [-0.1, -0.05) is 16.6 Å². The molecule has 0 aliphatic heterocycles. The third-order valence-electron chi connectivity index (χ3n) is 2.31. The lowest BCUT2D eigenvalue weighted by molar-refractivity contribution is 0.175. The number of anilines is 1. The molecule has 1 atom stereocenters. The summed E-state index contributed by atoms with van der Waals surface area (Å²) in [6.07, 6.45) is 0.520. The molecule has 100 valence electrons. The molecule has 1 aromatic heterocycles. The number of rotatable bonds is 4. The van der Waals surface area contributed by atoms with Crippen LogP contribution in [0.3, 0.4) is 0 Å². The van der Waals surface area contributed by atoms with Gasteiger partial charge in [0.25, 0.3) is 0 Å². The van der Waals surface area contributed by atoms with E-state index in [1.165, 1.54) is 30.5 Å². The Hall–Kier alpha value is -2.06. The molecule has 0 spiro atoms. The zero-order valence-electron chi connectivity index (χ0n) is 9.71. The predicted molar refractivity (Wildman–Crippen MR) is 68.3 cm³/mol. The van der Waals surface area contributed by atoms with Crippen molar-refractivity contribution in [3.8, 4) is 0 Å². The fraction of sp³-hybridized carbons (Fsp3) is 0.182. The second kappa shape index (κ2) is 6.21. The van der Waals surface area contributed by atoms with E-state index in [1.54, 1.807) is 0 Å². The Bertz CT molecular complexity index is 532. The fourth-order valence-electron chi connectivity index (χ4n) is 1.37. The van der Waals surface area contributed by atoms with Crippen LogP contribution in [0.25, 0.3) is 0 Å². The smallest absolute Gasteiger partial charge is 0.320 e. The van der Waals surface area contributed by atoms with Gasteiger partial charge in [0, 0.05) is 18.1 Å². The van der Waals surface area contributed by atoms with Crippen molar-refractivity contribution >= 4 is 22.6 Å². The number of aromatic nitrogens is 2. The zero-order valence-corrected chi connectivity index (χ0v) is 10.5. The van der Waals surface area contributed by atoms with Crippen molar-refractivity contribution in [2.45, 2.75) is 6.10 Å². The molecule has 0 saturated carbocycles. The van der Waals surface area contributed by atoms with Crippen LogP contribution in [0.4, 0.5) is 14.2 Å². The van der Waals surface area contributed by atoms with Crippen molar-refractivity contribution in [1.82, 2.24) is 14.9 Å². The maximum Gasteiger partial charge on any atom is 0.320 e. The number of carbonyl (C=O) groups is 1. The highest BCUT2D eigenvalue weighted by atomic mass is 32.1. The number of carbonyl (C=O) groups excluding carboxylic acids is 1. The van der Waals surface area contributed by atoms with Crippen molar-refractivity contribution in [3.05, 3.63) is 41.8 Å². The molecule has 19 heavy (non-hydrogen) atoms. The van der Waals surface area contributed by atoms with Gasteiger partial charge >= 0.3 is 6.03 Å². The van der Waals surface area contributed by atoms with Crippen LogP contribution in [0.2, 0.25) is 0 Å². The lowest BCUT2D eigenvalue weighted by Crippen LogP contribution is -2.32. The van der Waals surface area contributed by atoms with Crippen LogP contribution < -0.4 is 10.6 Å². The molecule has 0 saturated heterocycles. The molecule has 0 bridgehead atoms. The summed E-state index contributed by atoms with van der Waals surface area (Å²) in [5.74, 6) is -0.376. The summed E-state index contributed by atoms with van der Waals surface area (Å²) in [5, 5.41) is 18.9. The first-order chi connectivity index (χ1) is 9.15. The van der Waals surface area contributed by atoms with Crippen LogP contribution in [-0.2, 0) is 0 Å². The topological polar surface area (TPSA) is 87.1 Å². The van der Waals surface area contributed by atoms with Crippen molar-refractivity contribution in [2.75, 3.05) is 11.9 Å². The van der Waals surface area contributed by atoms with Gasteiger partial charge in [-0.3, -0.25) is 5.32 Å². The summed E-state index contributed by atoms with van der Waals surface area (Å²) >= 11 is 1.05. The highest BCUT2D eigenvalue weighted by Crippen LogP contribution is 2.13. The van der Waals surface area contributed by atoms with Gasteiger partial charge < -0.3 is 10.4 Å². The monoisotopic (exact) mass is 282 g/mol. The molecule has 0 radical (unpaired) electrons. The summed E-state index contributed by atoms with van der Waals surface area (Å²) in [4.78, 5) is 11.5. The summed E-state index contributed by atoms with van der Waals surface area (Å²) in [7, 11) is 0. The highest BCUT2D eigenvalue weighted by Gasteiger charge is 2.10. The Kier molecular flexibility index (Phi) is 4.37. The van der Waals surface area contributed by atoms with Crippen LogP contribution in [0.15, 0.2) is 30.5 Å². The van der Waals surface area contributed by atoms with E-state index >= 15 is 0 Å². The minimum Gasteiger partial charge on any atom is -0.387 e. The summed E-state index contributed by atoms with van der Waals surface area (Å²) < 4.78 is 16.3. The molecule has 2 aromatic rings. The van der Waals surface area contributed by atoms with Gasteiger partial charge in [-0.05, 0) is 17.7 Å². The Morgan fingerprint density at radius 2 is 2.16 bits per heavy atom. The number of hydrogen-bond donors (Lipinski definition) is 3. The minimum atomic E-state index is -0.897. The minimum absolute atomic E-state index is 0.0176. The number of urea groups is 1. The van der Waals surface area contributed by atoms with Gasteiger partial charge in [0.2, 0.25) is 0 Å². The van der Waals surface area contributed by atoms with Gasteiger partial charge in [-0.2, -0.15) is 0 Å². The molecule has 6 nitrogen and oxygen atoms in total. The highest BCUT2D eigenvalue weighted by molar-refractivity contribution is 7.10. The lowest BCUT2D eigenvalue weighted by Gasteiger charge is -2.12. The molecule has 3 N–H and O–H groups in total. The first kappa shape index (κ1) is 13.4. The van der Waals surface area contributed by atoms with E-state index in [4.69, 9.17) is 0 Å². The molecule has 1 heterocycles. The Morgan fingerprint density at radius 1 is 1.42 bits per heavy atom. The van der Waals surface area contributed by atoms with Crippen molar-refractivity contribution in [1.29, 1.82) is 0 Å². The van der Waals surface area contributed by atoms with Crippen LogP contribution in [-0.4, -0.2) is 27.3 Å². The summed E-state index contributed by atoms with van der Waals surface area (Å²) in [5.41, 5.74) is 0.529. The van der Waals surface area contributed by atoms with Crippen LogP contribution in [0, 0.1) is 5.82 Å². The SMILES string of the molecule is O=C(NC[C@@H](O)c1ccc(F)cc1)Nc1cnns1. The van der Waals surface area contributed by atoms with Crippen LogP contribution >= 0.6 is 11.5 Å². The van der Waals surface area contributed by atoms with Crippen LogP contribution in [0.1, 0.15) is 11.7 Å². The molecule has 2 rings (SSSR count). The molecule has 0 aliphatic rings. The Labute approximate surface area is 112 Å². The van der Waals surface area contributed by atoms with Gasteiger partial charge in [0.05, 0.1) is 12.3 Å². The van der Waals surface area contributed by atoms with Gasteiger partial charge in [0.15, 0.2) is 0 Å². The van der Waals surface area contributed by atoms with Gasteiger partial charge in [0.1, 0.15) is 10.8 Å². The molecule has 0 aliphatic carbocycles. The van der Waals surface area contributed by atoms with E-state index in [0.717, 1.165) is 11.5 Å². The Morgan fingerprint density at radius 3 is 2.79 bits per heavy atom. The number of amides is 2. The summed E-state index contributed by atoms with van der Waals surface area (Å²) in [6, 6.07) is 4.97. The lowest BCUT2D eigenvalue weighted by atomic mass is 10.1. The van der Waals surface area contributed by atoms with Gasteiger partial charge in [-0.25, -0.2) is 9.18 Å². The zero-order chi connectivity index (χ0) is 13.7. The molecule has 2 amide bonds. The number of nitrogens with zero attached hydrogens (tertiary/aromatic N) is 2. The number of aliphatic hydroxyl groups is 1. The fourth-order valence-corrected chi connectivity index (χ4v) is 1.79.